The molecule has 1 aromatic rings. The standard InChI is InChI=1S/C42H66N2O5S/c1-9-42(43-22-23-44-24-26-50(48,49)27-25-44)21-20-40(7)33(36(42)28(2)29(3)45)14-15-35-39(6)18-16-32(30-10-12-31(13-11-30)37(46)47)38(4,5)34(39)17-19-41(35,40)8/h10-13,16,28-29,33-36,43,45H,9,14-15,17-27H2,1-8H3,(H,46,47)/t28-,29?,33+,34-,35+,36+,39-,40+,41+,42-/m0/s1. The normalized spacial score (nSPS) is 40.8. The number of allylic oxidation sites excluding steroid dienone is 2. The molecule has 0 bridgehead atoms. The number of nitrogens with zero attached hydrogens (tertiary/aromatic N) is 1. The molecule has 1 aromatic carbocycles. The third-order valence-electron chi connectivity index (χ3n) is 16.4. The molecule has 0 radical (unpaired) electrons. The van der Waals surface area contributed by atoms with Crippen molar-refractivity contribution in [2.75, 3.05) is 37.7 Å². The molecular formula is C42H66N2O5S. The Labute approximate surface area is 303 Å². The number of sulfone groups is 1. The summed E-state index contributed by atoms with van der Waals surface area (Å²) in [7, 11) is -2.89. The quantitative estimate of drug-likeness (QED) is 0.243. The van der Waals surface area contributed by atoms with E-state index in [1.165, 1.54) is 37.7 Å². The SMILES string of the molecule is CC[C@]1(NCCN2CCS(=O)(=O)CC2)CC[C@]2(C)[C@H](CC[C@@H]3[C@@]4(C)CC=C(c5ccc(C(=O)O)cc5)C(C)(C)[C@@H]4CC[C@]32C)[C@H]1[C@@H](C)C(C)O. The maximum Gasteiger partial charge on any atom is 0.335 e. The number of carboxylic acid groups (broad SMARTS) is 1. The minimum Gasteiger partial charge on any atom is -0.478 e. The fourth-order valence-electron chi connectivity index (χ4n) is 13.3. The third kappa shape index (κ3) is 6.04. The van der Waals surface area contributed by atoms with Crippen LogP contribution in [0.25, 0.3) is 5.57 Å². The van der Waals surface area contributed by atoms with Gasteiger partial charge in [0.05, 0.1) is 23.2 Å². The van der Waals surface area contributed by atoms with Crippen molar-refractivity contribution in [3.05, 3.63) is 41.5 Å². The van der Waals surface area contributed by atoms with Crippen LogP contribution in [0.5, 0.6) is 0 Å². The number of carboxylic acids is 1. The van der Waals surface area contributed by atoms with Gasteiger partial charge in [-0.3, -0.25) is 0 Å². The summed E-state index contributed by atoms with van der Waals surface area (Å²) in [4.78, 5) is 13.9. The summed E-state index contributed by atoms with van der Waals surface area (Å²) in [6, 6.07) is 7.52. The molecule has 1 unspecified atom stereocenters. The highest BCUT2D eigenvalue weighted by molar-refractivity contribution is 7.91. The zero-order chi connectivity index (χ0) is 36.5. The highest BCUT2D eigenvalue weighted by Crippen LogP contribution is 2.75. The molecular weight excluding hydrogens is 645 g/mol. The minimum absolute atomic E-state index is 0.0212. The third-order valence-corrected chi connectivity index (χ3v) is 18.0. The lowest BCUT2D eigenvalue weighted by Crippen LogP contribution is -2.69. The van der Waals surface area contributed by atoms with Gasteiger partial charge in [0, 0.05) is 31.7 Å². The molecule has 3 N–H and O–H groups in total. The van der Waals surface area contributed by atoms with E-state index in [2.05, 4.69) is 64.8 Å². The van der Waals surface area contributed by atoms with Gasteiger partial charge in [-0.1, -0.05) is 66.7 Å². The molecule has 8 heteroatoms. The van der Waals surface area contributed by atoms with Crippen LogP contribution in [0.1, 0.15) is 123 Å². The van der Waals surface area contributed by atoms with E-state index in [1.54, 1.807) is 12.1 Å². The Kier molecular flexibility index (Phi) is 10.1. The Morgan fingerprint density at radius 1 is 0.940 bits per heavy atom. The van der Waals surface area contributed by atoms with E-state index in [4.69, 9.17) is 0 Å². The molecule has 10 atom stereocenters. The second-order valence-electron chi connectivity index (χ2n) is 18.6. The zero-order valence-electron chi connectivity index (χ0n) is 32.2. The number of rotatable bonds is 9. The topological polar surface area (TPSA) is 107 Å². The van der Waals surface area contributed by atoms with E-state index in [9.17, 15) is 23.4 Å². The van der Waals surface area contributed by atoms with Gasteiger partial charge in [0.25, 0.3) is 0 Å². The fraction of sp³-hybridized carbons (Fsp3) is 0.786. The molecule has 4 aliphatic carbocycles. The highest BCUT2D eigenvalue weighted by atomic mass is 32.2. The van der Waals surface area contributed by atoms with Crippen LogP contribution in [0.3, 0.4) is 0 Å². The van der Waals surface area contributed by atoms with E-state index in [0.717, 1.165) is 37.9 Å². The van der Waals surface area contributed by atoms with E-state index < -0.39 is 15.8 Å². The Morgan fingerprint density at radius 2 is 1.60 bits per heavy atom. The molecule has 5 aliphatic rings. The van der Waals surface area contributed by atoms with Gasteiger partial charge in [-0.2, -0.15) is 0 Å². The lowest BCUT2D eigenvalue weighted by Gasteiger charge is -2.73. The molecule has 280 valence electrons. The zero-order valence-corrected chi connectivity index (χ0v) is 33.0. The maximum atomic E-state index is 12.0. The van der Waals surface area contributed by atoms with Gasteiger partial charge in [-0.05, 0) is 133 Å². The molecule has 6 rings (SSSR count). The number of hydrogen-bond donors (Lipinski definition) is 3. The van der Waals surface area contributed by atoms with Gasteiger partial charge in [-0.15, -0.1) is 0 Å². The summed E-state index contributed by atoms with van der Waals surface area (Å²) in [5.41, 5.74) is 3.33. The summed E-state index contributed by atoms with van der Waals surface area (Å²) in [5.74, 6) is 1.86. The van der Waals surface area contributed by atoms with Crippen LogP contribution in [0, 0.1) is 51.2 Å². The monoisotopic (exact) mass is 710 g/mol. The summed E-state index contributed by atoms with van der Waals surface area (Å²) in [6.07, 6.45) is 11.4. The summed E-state index contributed by atoms with van der Waals surface area (Å²) < 4.78 is 24.1. The lowest BCUT2D eigenvalue weighted by atomic mass is 9.32. The first-order chi connectivity index (χ1) is 23.4. The number of benzene rings is 1. The van der Waals surface area contributed by atoms with Crippen molar-refractivity contribution in [2.24, 2.45) is 51.2 Å². The van der Waals surface area contributed by atoms with Crippen molar-refractivity contribution in [2.45, 2.75) is 118 Å². The van der Waals surface area contributed by atoms with Gasteiger partial charge in [0.15, 0.2) is 9.84 Å². The first-order valence-corrected chi connectivity index (χ1v) is 21.6. The Balaban J connectivity index is 1.28. The van der Waals surface area contributed by atoms with Gasteiger partial charge in [0.1, 0.15) is 0 Å². The Morgan fingerprint density at radius 3 is 2.20 bits per heavy atom. The van der Waals surface area contributed by atoms with Gasteiger partial charge in [-0.25, -0.2) is 13.2 Å². The maximum absolute atomic E-state index is 12.0. The van der Waals surface area contributed by atoms with Crippen LogP contribution in [0.15, 0.2) is 30.3 Å². The summed E-state index contributed by atoms with van der Waals surface area (Å²) in [5, 5.41) is 24.8. The molecule has 1 saturated heterocycles. The smallest absolute Gasteiger partial charge is 0.335 e. The molecule has 50 heavy (non-hydrogen) atoms. The van der Waals surface area contributed by atoms with Crippen molar-refractivity contribution in [3.8, 4) is 0 Å². The number of carbonyl (C=O) groups is 1. The minimum atomic E-state index is -2.89. The molecule has 1 heterocycles. The lowest BCUT2D eigenvalue weighted by molar-refractivity contribution is -0.228. The van der Waals surface area contributed by atoms with Crippen LogP contribution in [-0.4, -0.2) is 78.8 Å². The summed E-state index contributed by atoms with van der Waals surface area (Å²) >= 11 is 0. The summed E-state index contributed by atoms with van der Waals surface area (Å²) in [6.45, 7) is 22.4. The van der Waals surface area contributed by atoms with E-state index in [-0.39, 0.29) is 50.7 Å². The van der Waals surface area contributed by atoms with Crippen LogP contribution in [0.2, 0.25) is 0 Å². The van der Waals surface area contributed by atoms with Crippen molar-refractivity contribution in [3.63, 3.8) is 0 Å². The molecule has 0 spiro atoms. The predicted molar refractivity (Wildman–Crippen MR) is 203 cm³/mol. The average Bonchev–Trinajstić information content (AvgIpc) is 3.05. The number of aliphatic hydroxyl groups is 1. The van der Waals surface area contributed by atoms with E-state index in [1.807, 2.05) is 19.1 Å². The van der Waals surface area contributed by atoms with Gasteiger partial charge in [0.2, 0.25) is 0 Å². The fourth-order valence-corrected chi connectivity index (χ4v) is 14.6. The van der Waals surface area contributed by atoms with Crippen molar-refractivity contribution >= 4 is 21.4 Å². The van der Waals surface area contributed by atoms with Gasteiger partial charge >= 0.3 is 5.97 Å². The second-order valence-corrected chi connectivity index (χ2v) is 21.0. The molecule has 4 fully saturated rings. The van der Waals surface area contributed by atoms with Crippen molar-refractivity contribution in [1.82, 2.24) is 10.2 Å². The van der Waals surface area contributed by atoms with Gasteiger partial charge < -0.3 is 20.4 Å². The average molecular weight is 711 g/mol. The second kappa shape index (κ2) is 13.3. The van der Waals surface area contributed by atoms with Crippen LogP contribution in [0.4, 0.5) is 0 Å². The largest absolute Gasteiger partial charge is 0.478 e. The Bertz CT molecular complexity index is 1560. The van der Waals surface area contributed by atoms with Crippen LogP contribution < -0.4 is 5.32 Å². The van der Waals surface area contributed by atoms with Crippen molar-refractivity contribution in [1.29, 1.82) is 0 Å². The first-order valence-electron chi connectivity index (χ1n) is 19.8. The molecule has 3 saturated carbocycles. The van der Waals surface area contributed by atoms with Crippen LogP contribution in [-0.2, 0) is 9.84 Å². The molecule has 1 aliphatic heterocycles. The number of aliphatic hydroxyl groups excluding tert-OH is 1. The van der Waals surface area contributed by atoms with Crippen molar-refractivity contribution < 1.29 is 23.4 Å². The number of fused-ring (bicyclic) bond motifs is 5. The highest BCUT2D eigenvalue weighted by Gasteiger charge is 2.69. The predicted octanol–water partition coefficient (Wildman–Crippen LogP) is 7.55. The molecule has 7 nitrogen and oxygen atoms in total. The van der Waals surface area contributed by atoms with Crippen LogP contribution >= 0.6 is 0 Å². The van der Waals surface area contributed by atoms with E-state index >= 15 is 0 Å². The number of hydrogen-bond acceptors (Lipinski definition) is 6. The Hall–Kier alpha value is -1.74. The number of aromatic carboxylic acids is 1. The number of nitrogens with one attached hydrogen (secondary N) is 1. The molecule has 0 amide bonds. The molecule has 0 aromatic heterocycles. The van der Waals surface area contributed by atoms with E-state index in [0.29, 0.717) is 42.3 Å². The first kappa shape index (κ1) is 38.0.